The Kier molecular flexibility index (Phi) is 7.35. The summed E-state index contributed by atoms with van der Waals surface area (Å²) >= 11 is 12.4. The van der Waals surface area contributed by atoms with E-state index in [-0.39, 0.29) is 27.1 Å². The summed E-state index contributed by atoms with van der Waals surface area (Å²) in [7, 11) is -4.13. The molecule has 0 spiro atoms. The Hall–Kier alpha value is -2.22. The van der Waals surface area contributed by atoms with Gasteiger partial charge < -0.3 is 10.3 Å². The van der Waals surface area contributed by atoms with Crippen molar-refractivity contribution >= 4 is 44.9 Å². The topological polar surface area (TPSA) is 109 Å². The zero-order chi connectivity index (χ0) is 20.9. The summed E-state index contributed by atoms with van der Waals surface area (Å²) in [6.07, 6.45) is 0. The molecule has 148 valence electrons. The van der Waals surface area contributed by atoms with Gasteiger partial charge in [0.05, 0.1) is 11.5 Å². The van der Waals surface area contributed by atoms with Crippen LogP contribution in [0.2, 0.25) is 10.0 Å². The van der Waals surface area contributed by atoms with Crippen molar-refractivity contribution in [1.29, 1.82) is 0 Å². The number of carbonyl (C=O) groups excluding carboxylic acids is 1. The molecule has 0 fully saturated rings. The molecule has 0 saturated heterocycles. The second kappa shape index (κ2) is 9.32. The predicted octanol–water partition coefficient (Wildman–Crippen LogP) is 3.56. The lowest BCUT2D eigenvalue weighted by atomic mass is 10.0. The standard InChI is InChI=1S/C18H17Cl2N3O4S/c1-3-27-18(24)17(22-21)16(15-13(19)5-4-6-14(15)20)23-28(25,26)12-9-7-11(2)8-10-12/h4-10,16,23H,3H2,1-2H3. The van der Waals surface area contributed by atoms with Crippen LogP contribution in [0.4, 0.5) is 0 Å². The van der Waals surface area contributed by atoms with E-state index in [1.807, 2.05) is 6.92 Å². The Morgan fingerprint density at radius 1 is 1.18 bits per heavy atom. The number of benzene rings is 2. The number of hydrogen-bond donors (Lipinski definition) is 1. The van der Waals surface area contributed by atoms with Gasteiger partial charge in [-0.3, -0.25) is 0 Å². The smallest absolute Gasteiger partial charge is 0.419 e. The number of rotatable bonds is 7. The van der Waals surface area contributed by atoms with Crippen LogP contribution in [0.1, 0.15) is 24.1 Å². The number of esters is 1. The first-order valence-corrected chi connectivity index (χ1v) is 10.4. The average Bonchev–Trinajstić information content (AvgIpc) is 2.62. The number of nitrogens with one attached hydrogen (secondary N) is 1. The second-order valence-electron chi connectivity index (χ2n) is 5.71. The van der Waals surface area contributed by atoms with Crippen molar-refractivity contribution in [2.45, 2.75) is 24.8 Å². The molecular formula is C18H17Cl2N3O4S. The molecule has 0 radical (unpaired) electrons. The van der Waals surface area contributed by atoms with E-state index in [0.29, 0.717) is 0 Å². The number of nitrogens with zero attached hydrogens (tertiary/aromatic N) is 2. The van der Waals surface area contributed by atoms with Crippen LogP contribution in [0.15, 0.2) is 47.4 Å². The first kappa shape index (κ1) is 22.1. The largest absolute Gasteiger partial charge is 0.457 e. The highest BCUT2D eigenvalue weighted by molar-refractivity contribution is 7.89. The van der Waals surface area contributed by atoms with E-state index in [2.05, 4.69) is 9.51 Å². The minimum Gasteiger partial charge on any atom is -0.457 e. The van der Waals surface area contributed by atoms with Crippen molar-refractivity contribution in [3.05, 3.63) is 69.2 Å². The molecule has 7 nitrogen and oxygen atoms in total. The zero-order valence-electron chi connectivity index (χ0n) is 15.0. The summed E-state index contributed by atoms with van der Waals surface area (Å²) < 4.78 is 32.9. The van der Waals surface area contributed by atoms with Crippen molar-refractivity contribution in [1.82, 2.24) is 4.72 Å². The van der Waals surface area contributed by atoms with Gasteiger partial charge >= 0.3 is 11.7 Å². The summed E-state index contributed by atoms with van der Waals surface area (Å²) in [5.74, 6) is -1.02. The summed E-state index contributed by atoms with van der Waals surface area (Å²) in [4.78, 5) is 15.2. The summed E-state index contributed by atoms with van der Waals surface area (Å²) in [6.45, 7) is 3.36. The van der Waals surface area contributed by atoms with Crippen LogP contribution in [0, 0.1) is 6.92 Å². The molecule has 0 aliphatic carbocycles. The highest BCUT2D eigenvalue weighted by atomic mass is 35.5. The van der Waals surface area contributed by atoms with Crippen molar-refractivity contribution in [3.8, 4) is 0 Å². The summed E-state index contributed by atoms with van der Waals surface area (Å²) in [5.41, 5.74) is 9.73. The SMILES string of the molecule is CCOC(=O)C(=[N+]=[N-])C(NS(=O)(=O)c1ccc(C)cc1)c1c(Cl)cccc1Cl. The molecule has 0 aliphatic rings. The van der Waals surface area contributed by atoms with E-state index in [4.69, 9.17) is 27.9 Å². The molecule has 28 heavy (non-hydrogen) atoms. The molecule has 1 atom stereocenters. The molecule has 0 amide bonds. The first-order valence-electron chi connectivity index (χ1n) is 8.13. The number of aryl methyl sites for hydroxylation is 1. The van der Waals surface area contributed by atoms with Crippen molar-refractivity contribution in [3.63, 3.8) is 0 Å². The fraction of sp³-hybridized carbons (Fsp3) is 0.222. The van der Waals surface area contributed by atoms with Crippen molar-refractivity contribution < 1.29 is 22.7 Å². The first-order chi connectivity index (χ1) is 13.2. The van der Waals surface area contributed by atoms with E-state index in [1.54, 1.807) is 25.1 Å². The van der Waals surface area contributed by atoms with Gasteiger partial charge in [0.2, 0.25) is 10.0 Å². The Labute approximate surface area is 172 Å². The van der Waals surface area contributed by atoms with E-state index in [9.17, 15) is 18.7 Å². The fourth-order valence-electron chi connectivity index (χ4n) is 2.40. The maximum atomic E-state index is 12.9. The molecule has 1 unspecified atom stereocenters. The van der Waals surface area contributed by atoms with E-state index in [0.717, 1.165) is 5.56 Å². The molecule has 0 saturated carbocycles. The van der Waals surface area contributed by atoms with Crippen LogP contribution in [-0.2, 0) is 19.6 Å². The number of hydrogen-bond acceptors (Lipinski definition) is 4. The minimum atomic E-state index is -4.13. The van der Waals surface area contributed by atoms with E-state index < -0.39 is 27.7 Å². The van der Waals surface area contributed by atoms with Crippen LogP contribution >= 0.6 is 23.2 Å². The molecule has 0 heterocycles. The molecular weight excluding hydrogens is 425 g/mol. The highest BCUT2D eigenvalue weighted by Gasteiger charge is 2.39. The van der Waals surface area contributed by atoms with Crippen molar-refractivity contribution in [2.24, 2.45) is 0 Å². The van der Waals surface area contributed by atoms with Gasteiger partial charge in [0.15, 0.2) is 6.04 Å². The second-order valence-corrected chi connectivity index (χ2v) is 8.24. The zero-order valence-corrected chi connectivity index (χ0v) is 17.3. The highest BCUT2D eigenvalue weighted by Crippen LogP contribution is 2.32. The lowest BCUT2D eigenvalue weighted by Crippen LogP contribution is -2.39. The van der Waals surface area contributed by atoms with Gasteiger partial charge in [-0.1, -0.05) is 47.0 Å². The van der Waals surface area contributed by atoms with Gasteiger partial charge in [0.25, 0.3) is 0 Å². The number of ether oxygens (including phenoxy) is 1. The van der Waals surface area contributed by atoms with Crippen LogP contribution < -0.4 is 4.72 Å². The maximum Gasteiger partial charge on any atom is 0.419 e. The quantitative estimate of drug-likeness (QED) is 0.306. The lowest BCUT2D eigenvalue weighted by Gasteiger charge is -2.17. The third kappa shape index (κ3) is 4.98. The van der Waals surface area contributed by atoms with Gasteiger partial charge in [-0.05, 0) is 38.1 Å². The van der Waals surface area contributed by atoms with Gasteiger partial charge in [-0.2, -0.15) is 9.51 Å². The van der Waals surface area contributed by atoms with Crippen LogP contribution in [0.5, 0.6) is 0 Å². The molecule has 2 rings (SSSR count). The third-order valence-electron chi connectivity index (χ3n) is 3.76. The molecule has 2 aromatic carbocycles. The molecule has 0 aromatic heterocycles. The van der Waals surface area contributed by atoms with Crippen LogP contribution in [0.3, 0.4) is 0 Å². The third-order valence-corrected chi connectivity index (χ3v) is 5.86. The molecule has 0 bridgehead atoms. The summed E-state index contributed by atoms with van der Waals surface area (Å²) in [6, 6.07) is 9.08. The summed E-state index contributed by atoms with van der Waals surface area (Å²) in [5, 5.41) is 0.157. The van der Waals surface area contributed by atoms with Gasteiger partial charge in [0.1, 0.15) is 0 Å². The van der Waals surface area contributed by atoms with Gasteiger partial charge in [-0.15, -0.1) is 0 Å². The molecule has 1 N–H and O–H groups in total. The van der Waals surface area contributed by atoms with E-state index >= 15 is 0 Å². The van der Waals surface area contributed by atoms with Crippen LogP contribution in [0.25, 0.3) is 5.53 Å². The van der Waals surface area contributed by atoms with Gasteiger partial charge in [-0.25, -0.2) is 13.2 Å². The molecule has 0 aliphatic heterocycles. The number of sulfonamides is 1. The van der Waals surface area contributed by atoms with Gasteiger partial charge in [0, 0.05) is 15.6 Å². The predicted molar refractivity (Wildman–Crippen MR) is 106 cm³/mol. The van der Waals surface area contributed by atoms with Crippen LogP contribution in [-0.4, -0.2) is 31.5 Å². The lowest BCUT2D eigenvalue weighted by molar-refractivity contribution is -0.140. The normalized spacial score (nSPS) is 12.1. The molecule has 10 heteroatoms. The fourth-order valence-corrected chi connectivity index (χ4v) is 4.19. The van der Waals surface area contributed by atoms with Crippen molar-refractivity contribution in [2.75, 3.05) is 6.61 Å². The molecule has 2 aromatic rings. The Morgan fingerprint density at radius 3 is 2.25 bits per heavy atom. The average molecular weight is 442 g/mol. The minimum absolute atomic E-state index is 0.00839. The number of halogens is 2. The maximum absolute atomic E-state index is 12.9. The Balaban J connectivity index is 2.60. The Morgan fingerprint density at radius 2 is 1.75 bits per heavy atom. The monoisotopic (exact) mass is 441 g/mol. The number of carbonyl (C=O) groups is 1. The van der Waals surface area contributed by atoms with E-state index in [1.165, 1.54) is 24.3 Å². The Bertz CT molecular complexity index is 1010.